The molecule has 5 nitrogen and oxygen atoms in total. The van der Waals surface area contributed by atoms with Gasteiger partial charge in [0.1, 0.15) is 28.7 Å². The van der Waals surface area contributed by atoms with Gasteiger partial charge in [0.2, 0.25) is 5.88 Å². The molecule has 11 rings (SSSR count). The van der Waals surface area contributed by atoms with Crippen LogP contribution in [0.15, 0.2) is 109 Å². The monoisotopic (exact) mass is 568 g/mol. The van der Waals surface area contributed by atoms with Gasteiger partial charge in [0.15, 0.2) is 0 Å². The topological polar surface area (TPSA) is 45.5 Å². The van der Waals surface area contributed by atoms with Crippen LogP contribution < -0.4 is 40.9 Å². The molecule has 0 aliphatic carbocycles. The second-order valence-electron chi connectivity index (χ2n) is 11.4. The van der Waals surface area contributed by atoms with E-state index in [2.05, 4.69) is 95.6 Å². The van der Waals surface area contributed by atoms with Crippen LogP contribution in [0.2, 0.25) is 0 Å². The highest BCUT2D eigenvalue weighted by molar-refractivity contribution is 7.00. The second-order valence-corrected chi connectivity index (χ2v) is 16.7. The zero-order chi connectivity index (χ0) is 27.1. The lowest BCUT2D eigenvalue weighted by atomic mass is 10.1. The molecule has 0 saturated carbocycles. The molecule has 7 aromatic rings. The van der Waals surface area contributed by atoms with Crippen molar-refractivity contribution in [2.45, 2.75) is 0 Å². The third-order valence-corrected chi connectivity index (χ3v) is 15.9. The molecule has 0 radical (unpaired) electrons. The van der Waals surface area contributed by atoms with Gasteiger partial charge < -0.3 is 18.8 Å². The van der Waals surface area contributed by atoms with E-state index in [4.69, 9.17) is 19.2 Å². The molecule has 0 atom stereocenters. The molecule has 42 heavy (non-hydrogen) atoms. The van der Waals surface area contributed by atoms with E-state index in [9.17, 15) is 0 Å². The summed E-state index contributed by atoms with van der Waals surface area (Å²) in [7, 11) is 0. The minimum Gasteiger partial charge on any atom is -0.460 e. The summed E-state index contributed by atoms with van der Waals surface area (Å²) in [4.78, 5) is 5.38. The van der Waals surface area contributed by atoms with E-state index in [1.165, 1.54) is 49.6 Å². The van der Waals surface area contributed by atoms with E-state index in [0.29, 0.717) is 0 Å². The first-order chi connectivity index (χ1) is 20.8. The third kappa shape index (κ3) is 2.60. The van der Waals surface area contributed by atoms with E-state index in [0.717, 1.165) is 39.2 Å². The van der Waals surface area contributed by atoms with Crippen molar-refractivity contribution in [2.24, 2.45) is 0 Å². The van der Waals surface area contributed by atoms with Gasteiger partial charge in [0, 0.05) is 26.5 Å². The highest BCUT2D eigenvalue weighted by Gasteiger charge is 2.47. The Morgan fingerprint density at radius 3 is 2.14 bits per heavy atom. The summed E-state index contributed by atoms with van der Waals surface area (Å²) in [6.45, 7) is 0. The van der Waals surface area contributed by atoms with Gasteiger partial charge in [-0.25, -0.2) is 4.98 Å². The van der Waals surface area contributed by atoms with Gasteiger partial charge >= 0.3 is 28.3 Å². The molecule has 4 aliphatic rings. The number of ether oxygens (including phenoxy) is 3. The van der Waals surface area contributed by atoms with Crippen molar-refractivity contribution in [1.29, 1.82) is 0 Å². The Morgan fingerprint density at radius 1 is 0.524 bits per heavy atom. The normalized spacial score (nSPS) is 14.2. The lowest BCUT2D eigenvalue weighted by Gasteiger charge is -2.35. The number of aromatic nitrogens is 2. The first kappa shape index (κ1) is 22.2. The molecule has 0 amide bonds. The fraction of sp³-hybridized carbons (Fsp3) is 0. The molecular formula is C35H18Al2N2O3. The SMILES string of the molecule is c1cc[c]2c(c1)Oc1cccc3[c]1[Al]2[c]1nc2[c](cc1O3)[Al]1[c]3c(cccc3-n3c4ccccc4c4ccc[c]1c43)O2. The predicted octanol–water partition coefficient (Wildman–Crippen LogP) is 3.84. The maximum Gasteiger partial charge on any atom is 0.435 e. The Balaban J connectivity index is 1.21. The van der Waals surface area contributed by atoms with Crippen LogP contribution in [0.3, 0.4) is 0 Å². The van der Waals surface area contributed by atoms with Crippen LogP contribution in [-0.4, -0.2) is 37.8 Å². The van der Waals surface area contributed by atoms with Crippen LogP contribution in [-0.2, 0) is 0 Å². The molecule has 2 aromatic heterocycles. The number of benzene rings is 5. The summed E-state index contributed by atoms with van der Waals surface area (Å²) in [5, 5.41) is 2.58. The smallest absolute Gasteiger partial charge is 0.435 e. The minimum absolute atomic E-state index is 0.734. The number of fused-ring (bicyclic) bond motifs is 11. The fourth-order valence-electron chi connectivity index (χ4n) is 7.78. The number of pyridine rings is 1. The van der Waals surface area contributed by atoms with E-state index < -0.39 is 28.3 Å². The Bertz CT molecular complexity index is 2380. The predicted molar refractivity (Wildman–Crippen MR) is 167 cm³/mol. The van der Waals surface area contributed by atoms with Gasteiger partial charge in [0.05, 0.1) is 5.52 Å². The zero-order valence-corrected chi connectivity index (χ0v) is 24.5. The molecule has 0 N–H and O–H groups in total. The van der Waals surface area contributed by atoms with Gasteiger partial charge in [-0.2, -0.15) is 0 Å². The van der Waals surface area contributed by atoms with Gasteiger partial charge in [-0.3, -0.25) is 0 Å². The molecule has 0 bridgehead atoms. The van der Waals surface area contributed by atoms with E-state index in [1.54, 1.807) is 0 Å². The fourth-order valence-corrected chi connectivity index (χ4v) is 14.4. The van der Waals surface area contributed by atoms with E-state index in [1.807, 2.05) is 18.2 Å². The molecule has 0 unspecified atom stereocenters. The summed E-state index contributed by atoms with van der Waals surface area (Å²) in [6, 6.07) is 38.8. The van der Waals surface area contributed by atoms with Crippen molar-refractivity contribution in [3.05, 3.63) is 109 Å². The van der Waals surface area contributed by atoms with Crippen LogP contribution in [0, 0.1) is 0 Å². The number of para-hydroxylation sites is 3. The highest BCUT2D eigenvalue weighted by Crippen LogP contribution is 2.38. The molecule has 4 aliphatic heterocycles. The summed E-state index contributed by atoms with van der Waals surface area (Å²) in [5.41, 5.74) is 3.77. The van der Waals surface area contributed by atoms with Crippen LogP contribution in [0.1, 0.15) is 0 Å². The van der Waals surface area contributed by atoms with E-state index >= 15 is 0 Å². The standard InChI is InChI=1S/C35H18N2O3.2Al/c1-2-11-26(12-3-1)38-28-14-9-15-29(23-28)39-30-20-21-35(36-24-30)40-27-13-8-10-25(22-27)37-33-18-6-4-16-31(33)32-17-5-7-19-34(32)37;;/h1-11,13-18,20H;;. The van der Waals surface area contributed by atoms with Crippen molar-refractivity contribution in [1.82, 2.24) is 9.55 Å². The van der Waals surface area contributed by atoms with Gasteiger partial charge in [-0.05, 0) is 55.7 Å². The Labute approximate surface area is 248 Å². The number of nitrogens with zero attached hydrogens (tertiary/aromatic N) is 2. The average Bonchev–Trinajstić information content (AvgIpc) is 3.37. The highest BCUT2D eigenvalue weighted by atomic mass is 27.2. The Kier molecular flexibility index (Phi) is 4.04. The molecule has 0 spiro atoms. The number of rotatable bonds is 0. The molecular weight excluding hydrogens is 550 g/mol. The largest absolute Gasteiger partial charge is 0.460 e. The maximum atomic E-state index is 6.75. The first-order valence-corrected chi connectivity index (χ1v) is 17.8. The average molecular weight is 569 g/mol. The lowest BCUT2D eigenvalue weighted by molar-refractivity contribution is 0.452. The molecule has 0 fully saturated rings. The van der Waals surface area contributed by atoms with Crippen molar-refractivity contribution >= 4 is 76.8 Å². The van der Waals surface area contributed by atoms with Gasteiger partial charge in [-0.1, -0.05) is 75.6 Å². The molecule has 6 heterocycles. The van der Waals surface area contributed by atoms with E-state index in [-0.39, 0.29) is 0 Å². The molecule has 192 valence electrons. The molecule has 0 saturated heterocycles. The Morgan fingerprint density at radius 2 is 1.21 bits per heavy atom. The van der Waals surface area contributed by atoms with Crippen molar-refractivity contribution in [3.63, 3.8) is 0 Å². The summed E-state index contributed by atoms with van der Waals surface area (Å²) in [6.07, 6.45) is 0. The first-order valence-electron chi connectivity index (χ1n) is 14.3. The van der Waals surface area contributed by atoms with Crippen molar-refractivity contribution < 1.29 is 14.2 Å². The molecule has 7 heteroatoms. The maximum absolute atomic E-state index is 6.75. The van der Waals surface area contributed by atoms with Crippen LogP contribution in [0.4, 0.5) is 0 Å². The van der Waals surface area contributed by atoms with Crippen LogP contribution in [0.25, 0.3) is 27.5 Å². The lowest BCUT2D eigenvalue weighted by Crippen LogP contribution is -2.61. The Hall–Kier alpha value is -4.49. The quantitative estimate of drug-likeness (QED) is 0.261. The van der Waals surface area contributed by atoms with Crippen LogP contribution in [0.5, 0.6) is 34.6 Å². The summed E-state index contributed by atoms with van der Waals surface area (Å²) in [5.74, 6) is 5.21. The van der Waals surface area contributed by atoms with Gasteiger partial charge in [0.25, 0.3) is 0 Å². The number of hydrogen-bond donors (Lipinski definition) is 0. The van der Waals surface area contributed by atoms with Crippen LogP contribution >= 0.6 is 0 Å². The second kappa shape index (κ2) is 7.67. The minimum atomic E-state index is -1.96. The zero-order valence-electron chi connectivity index (χ0n) is 22.2. The number of hydrogen-bond acceptors (Lipinski definition) is 4. The van der Waals surface area contributed by atoms with Gasteiger partial charge in [-0.15, -0.1) is 0 Å². The summed E-state index contributed by atoms with van der Waals surface area (Å²) >= 11 is -3.92. The van der Waals surface area contributed by atoms with Crippen molar-refractivity contribution in [3.8, 4) is 40.3 Å². The molecule has 5 aromatic carbocycles. The van der Waals surface area contributed by atoms with Crippen molar-refractivity contribution in [2.75, 3.05) is 0 Å². The summed E-state index contributed by atoms with van der Waals surface area (Å²) < 4.78 is 29.5. The third-order valence-electron chi connectivity index (χ3n) is 9.39.